The Morgan fingerprint density at radius 1 is 1.24 bits per heavy atom. The van der Waals surface area contributed by atoms with Crippen LogP contribution in [0, 0.1) is 23.6 Å². The molecule has 0 amide bonds. The Labute approximate surface area is 127 Å². The fourth-order valence-corrected chi connectivity index (χ4v) is 2.57. The Kier molecular flexibility index (Phi) is 5.66. The molecule has 2 rings (SSSR count). The largest absolute Gasteiger partial charge is 0.419 e. The molecule has 21 heavy (non-hydrogen) atoms. The third kappa shape index (κ3) is 4.12. The maximum absolute atomic E-state index is 13.3. The van der Waals surface area contributed by atoms with Crippen molar-refractivity contribution >= 4 is 12.4 Å². The van der Waals surface area contributed by atoms with Gasteiger partial charge in [0.15, 0.2) is 0 Å². The van der Waals surface area contributed by atoms with Gasteiger partial charge in [-0.25, -0.2) is 4.39 Å². The van der Waals surface area contributed by atoms with Crippen molar-refractivity contribution in [1.29, 1.82) is 0 Å². The van der Waals surface area contributed by atoms with Crippen molar-refractivity contribution in [1.82, 2.24) is 5.32 Å². The van der Waals surface area contributed by atoms with Gasteiger partial charge in [0.1, 0.15) is 5.82 Å². The van der Waals surface area contributed by atoms with Gasteiger partial charge in [0.25, 0.3) is 0 Å². The number of rotatable bonds is 2. The Morgan fingerprint density at radius 2 is 1.86 bits per heavy atom. The predicted molar refractivity (Wildman–Crippen MR) is 75.7 cm³/mol. The second-order valence-electron chi connectivity index (χ2n) is 5.16. The zero-order chi connectivity index (χ0) is 14.8. The van der Waals surface area contributed by atoms with Gasteiger partial charge in [0, 0.05) is 5.41 Å². The fourth-order valence-electron chi connectivity index (χ4n) is 2.57. The number of alkyl halides is 3. The molecule has 0 atom stereocenters. The average Bonchev–Trinajstić information content (AvgIpc) is 2.41. The smallest absolute Gasteiger partial charge is 0.317 e. The highest BCUT2D eigenvalue weighted by atomic mass is 35.5. The molecule has 1 aliphatic rings. The number of benzene rings is 1. The Hall–Kier alpha value is -1.25. The number of terminal acetylenes is 1. The first kappa shape index (κ1) is 17.8. The minimum atomic E-state index is -4.68. The van der Waals surface area contributed by atoms with E-state index in [-0.39, 0.29) is 12.4 Å². The van der Waals surface area contributed by atoms with Crippen molar-refractivity contribution in [3.8, 4) is 12.3 Å². The van der Waals surface area contributed by atoms with Crippen LogP contribution in [-0.2, 0) is 12.6 Å². The summed E-state index contributed by atoms with van der Waals surface area (Å²) in [5.74, 6) is 1.47. The van der Waals surface area contributed by atoms with Crippen molar-refractivity contribution in [2.24, 2.45) is 5.41 Å². The lowest BCUT2D eigenvalue weighted by atomic mass is 9.75. The van der Waals surface area contributed by atoms with Crippen LogP contribution < -0.4 is 5.32 Å². The summed E-state index contributed by atoms with van der Waals surface area (Å²) in [5, 5.41) is 3.17. The zero-order valence-electron chi connectivity index (χ0n) is 11.3. The maximum Gasteiger partial charge on any atom is 0.419 e. The first-order valence-corrected chi connectivity index (χ1v) is 6.40. The lowest BCUT2D eigenvalue weighted by molar-refractivity contribution is -0.140. The normalized spacial score (nSPS) is 17.7. The molecule has 0 spiro atoms. The van der Waals surface area contributed by atoms with E-state index in [1.54, 1.807) is 0 Å². The van der Waals surface area contributed by atoms with Gasteiger partial charge in [-0.15, -0.1) is 18.8 Å². The number of hydrogen-bond donors (Lipinski definition) is 1. The molecule has 0 saturated carbocycles. The van der Waals surface area contributed by atoms with Gasteiger partial charge in [-0.3, -0.25) is 0 Å². The molecule has 0 bridgehead atoms. The predicted octanol–water partition coefficient (Wildman–Crippen LogP) is 3.81. The second-order valence-corrected chi connectivity index (χ2v) is 5.16. The lowest BCUT2D eigenvalue weighted by Crippen LogP contribution is -2.37. The number of halogens is 5. The number of hydrogen-bond acceptors (Lipinski definition) is 1. The highest BCUT2D eigenvalue weighted by Gasteiger charge is 2.35. The standard InChI is InChI=1S/C15H15F4N.ClH/c1-2-14(5-7-20-8-6-14)10-11-3-4-13(16)12(9-11)15(17,18)19;/h1,3-4,9,20H,5-8,10H2;1H. The van der Waals surface area contributed by atoms with Crippen LogP contribution in [0.25, 0.3) is 0 Å². The topological polar surface area (TPSA) is 12.0 Å². The summed E-state index contributed by atoms with van der Waals surface area (Å²) in [6, 6.07) is 3.12. The van der Waals surface area contributed by atoms with Crippen molar-refractivity contribution < 1.29 is 17.6 Å². The minimum Gasteiger partial charge on any atom is -0.317 e. The van der Waals surface area contributed by atoms with E-state index in [4.69, 9.17) is 6.42 Å². The van der Waals surface area contributed by atoms with Gasteiger partial charge in [-0.1, -0.05) is 12.0 Å². The first-order valence-electron chi connectivity index (χ1n) is 6.40. The third-order valence-electron chi connectivity index (χ3n) is 3.75. The summed E-state index contributed by atoms with van der Waals surface area (Å²) in [5.41, 5.74) is -1.24. The van der Waals surface area contributed by atoms with Gasteiger partial charge in [-0.05, 0) is 50.0 Å². The molecule has 0 radical (unpaired) electrons. The molecule has 1 aromatic rings. The second kappa shape index (κ2) is 6.67. The summed E-state index contributed by atoms with van der Waals surface area (Å²) in [4.78, 5) is 0. The van der Waals surface area contributed by atoms with Crippen molar-refractivity contribution in [2.45, 2.75) is 25.4 Å². The molecular formula is C15H16ClF4N. The molecule has 1 nitrogen and oxygen atoms in total. The summed E-state index contributed by atoms with van der Waals surface area (Å²) in [6.07, 6.45) is 2.65. The molecule has 1 aliphatic heterocycles. The fraction of sp³-hybridized carbons (Fsp3) is 0.467. The van der Waals surface area contributed by atoms with Crippen LogP contribution >= 0.6 is 12.4 Å². The van der Waals surface area contributed by atoms with Crippen LogP contribution in [-0.4, -0.2) is 13.1 Å². The molecule has 1 heterocycles. The van der Waals surface area contributed by atoms with Crippen LogP contribution in [0.5, 0.6) is 0 Å². The molecule has 6 heteroatoms. The van der Waals surface area contributed by atoms with E-state index < -0.39 is 23.0 Å². The molecule has 0 unspecified atom stereocenters. The van der Waals surface area contributed by atoms with E-state index in [1.807, 2.05) is 0 Å². The van der Waals surface area contributed by atoms with Gasteiger partial charge in [0.2, 0.25) is 0 Å². The van der Waals surface area contributed by atoms with E-state index in [1.165, 1.54) is 6.07 Å². The van der Waals surface area contributed by atoms with E-state index in [0.29, 0.717) is 24.8 Å². The number of piperidine rings is 1. The van der Waals surface area contributed by atoms with E-state index in [2.05, 4.69) is 11.2 Å². The zero-order valence-corrected chi connectivity index (χ0v) is 12.1. The molecule has 1 saturated heterocycles. The van der Waals surface area contributed by atoms with E-state index in [0.717, 1.165) is 25.2 Å². The van der Waals surface area contributed by atoms with Crippen LogP contribution in [0.15, 0.2) is 18.2 Å². The highest BCUT2D eigenvalue weighted by Crippen LogP contribution is 2.36. The summed E-state index contributed by atoms with van der Waals surface area (Å²) >= 11 is 0. The summed E-state index contributed by atoms with van der Waals surface area (Å²) < 4.78 is 51.3. The molecule has 1 fully saturated rings. The van der Waals surface area contributed by atoms with Crippen molar-refractivity contribution in [2.75, 3.05) is 13.1 Å². The number of nitrogens with one attached hydrogen (secondary N) is 1. The van der Waals surface area contributed by atoms with Gasteiger partial charge in [-0.2, -0.15) is 13.2 Å². The van der Waals surface area contributed by atoms with Gasteiger partial charge in [0.05, 0.1) is 5.56 Å². The molecule has 0 aromatic heterocycles. The van der Waals surface area contributed by atoms with Crippen molar-refractivity contribution in [3.63, 3.8) is 0 Å². The first-order chi connectivity index (χ1) is 9.36. The van der Waals surface area contributed by atoms with Crippen LogP contribution in [0.1, 0.15) is 24.0 Å². The molecule has 1 N–H and O–H groups in total. The molecule has 116 valence electrons. The van der Waals surface area contributed by atoms with Gasteiger partial charge >= 0.3 is 6.18 Å². The van der Waals surface area contributed by atoms with Crippen LogP contribution in [0.4, 0.5) is 17.6 Å². The minimum absolute atomic E-state index is 0. The lowest BCUT2D eigenvalue weighted by Gasteiger charge is -2.33. The Morgan fingerprint density at radius 3 is 2.38 bits per heavy atom. The van der Waals surface area contributed by atoms with E-state index in [9.17, 15) is 17.6 Å². The molecular weight excluding hydrogens is 306 g/mol. The van der Waals surface area contributed by atoms with Crippen LogP contribution in [0.3, 0.4) is 0 Å². The Balaban J connectivity index is 0.00000220. The highest BCUT2D eigenvalue weighted by molar-refractivity contribution is 5.85. The maximum atomic E-state index is 13.3. The molecule has 0 aliphatic carbocycles. The average molecular weight is 322 g/mol. The Bertz CT molecular complexity index is 527. The summed E-state index contributed by atoms with van der Waals surface area (Å²) in [6.45, 7) is 1.50. The SMILES string of the molecule is C#CC1(Cc2ccc(F)c(C(F)(F)F)c2)CCNCC1.Cl. The molecule has 1 aromatic carbocycles. The quantitative estimate of drug-likeness (QED) is 0.645. The van der Waals surface area contributed by atoms with E-state index >= 15 is 0 Å². The summed E-state index contributed by atoms with van der Waals surface area (Å²) in [7, 11) is 0. The van der Waals surface area contributed by atoms with Gasteiger partial charge < -0.3 is 5.32 Å². The third-order valence-corrected chi connectivity index (χ3v) is 3.75. The monoisotopic (exact) mass is 321 g/mol. The van der Waals surface area contributed by atoms with Crippen LogP contribution in [0.2, 0.25) is 0 Å². The van der Waals surface area contributed by atoms with Crippen molar-refractivity contribution in [3.05, 3.63) is 35.1 Å².